The Balaban J connectivity index is 1.71. The SMILES string of the molecule is C=CCN1CC2C(O)CCC[C@@]2(c2cccc(OC)c2)C[C@H]1NC(=O)C(=Cc1ccccc1)C(F)(F)F. The molecule has 0 spiro atoms. The first-order valence-corrected chi connectivity index (χ1v) is 12.5. The molecule has 0 aromatic heterocycles. The van der Waals surface area contributed by atoms with E-state index in [1.807, 2.05) is 29.2 Å². The monoisotopic (exact) mass is 514 g/mol. The number of carbonyl (C=O) groups excluding carboxylic acids is 1. The lowest BCUT2D eigenvalue weighted by atomic mass is 9.57. The lowest BCUT2D eigenvalue weighted by Gasteiger charge is -2.55. The summed E-state index contributed by atoms with van der Waals surface area (Å²) >= 11 is 0. The number of benzene rings is 2. The van der Waals surface area contributed by atoms with Crippen molar-refractivity contribution in [3.05, 3.63) is 84.0 Å². The maximum atomic E-state index is 14.0. The molecule has 1 saturated carbocycles. The predicted molar refractivity (Wildman–Crippen MR) is 137 cm³/mol. The van der Waals surface area contributed by atoms with Crippen molar-refractivity contribution in [2.75, 3.05) is 20.2 Å². The van der Waals surface area contributed by atoms with Gasteiger partial charge in [-0.25, -0.2) is 0 Å². The number of halogens is 3. The average Bonchev–Trinajstić information content (AvgIpc) is 2.88. The maximum Gasteiger partial charge on any atom is 0.421 e. The molecule has 37 heavy (non-hydrogen) atoms. The van der Waals surface area contributed by atoms with Crippen molar-refractivity contribution in [3.63, 3.8) is 0 Å². The fourth-order valence-electron chi connectivity index (χ4n) is 5.93. The number of piperidine rings is 1. The smallest absolute Gasteiger partial charge is 0.421 e. The van der Waals surface area contributed by atoms with E-state index in [0.717, 1.165) is 24.5 Å². The molecule has 2 aromatic rings. The molecular formula is C29H33F3N2O3. The molecule has 2 fully saturated rings. The first kappa shape index (κ1) is 26.9. The Morgan fingerprint density at radius 2 is 2.00 bits per heavy atom. The third-order valence-corrected chi connectivity index (χ3v) is 7.69. The third-order valence-electron chi connectivity index (χ3n) is 7.69. The van der Waals surface area contributed by atoms with E-state index in [1.54, 1.807) is 31.4 Å². The third kappa shape index (κ3) is 5.75. The van der Waals surface area contributed by atoms with Gasteiger partial charge in [0, 0.05) is 24.4 Å². The topological polar surface area (TPSA) is 61.8 Å². The van der Waals surface area contributed by atoms with Gasteiger partial charge in [0.1, 0.15) is 11.3 Å². The van der Waals surface area contributed by atoms with E-state index < -0.39 is 35.3 Å². The molecule has 2 aliphatic rings. The molecule has 5 nitrogen and oxygen atoms in total. The van der Waals surface area contributed by atoms with Gasteiger partial charge in [0.2, 0.25) is 0 Å². The minimum atomic E-state index is -4.83. The van der Waals surface area contributed by atoms with Crippen LogP contribution in [0.5, 0.6) is 5.75 Å². The number of likely N-dealkylation sites (tertiary alicyclic amines) is 1. The van der Waals surface area contributed by atoms with Crippen molar-refractivity contribution in [2.45, 2.75) is 49.5 Å². The van der Waals surface area contributed by atoms with Crippen LogP contribution in [-0.4, -0.2) is 54.6 Å². The second-order valence-corrected chi connectivity index (χ2v) is 9.86. The number of aliphatic hydroxyl groups excluding tert-OH is 1. The average molecular weight is 515 g/mol. The number of hydrogen-bond acceptors (Lipinski definition) is 4. The zero-order chi connectivity index (χ0) is 26.6. The zero-order valence-corrected chi connectivity index (χ0v) is 20.9. The summed E-state index contributed by atoms with van der Waals surface area (Å²) < 4.78 is 47.4. The van der Waals surface area contributed by atoms with E-state index in [4.69, 9.17) is 4.74 Å². The van der Waals surface area contributed by atoms with Crippen LogP contribution < -0.4 is 10.1 Å². The number of methoxy groups -OCH3 is 1. The van der Waals surface area contributed by atoms with Crippen LogP contribution in [0.15, 0.2) is 72.8 Å². The van der Waals surface area contributed by atoms with E-state index in [-0.39, 0.29) is 5.92 Å². The van der Waals surface area contributed by atoms with Crippen LogP contribution in [0.2, 0.25) is 0 Å². The lowest BCUT2D eigenvalue weighted by Crippen LogP contribution is -2.64. The highest BCUT2D eigenvalue weighted by Gasteiger charge is 2.53. The number of ether oxygens (including phenoxy) is 1. The summed E-state index contributed by atoms with van der Waals surface area (Å²) in [7, 11) is 1.58. The molecule has 8 heteroatoms. The van der Waals surface area contributed by atoms with Crippen molar-refractivity contribution in [1.82, 2.24) is 10.2 Å². The number of hydrogen-bond donors (Lipinski definition) is 2. The number of nitrogens with one attached hydrogen (secondary N) is 1. The van der Waals surface area contributed by atoms with E-state index >= 15 is 0 Å². The summed E-state index contributed by atoms with van der Waals surface area (Å²) in [6.45, 7) is 4.58. The second kappa shape index (κ2) is 11.1. The van der Waals surface area contributed by atoms with Crippen LogP contribution in [0.4, 0.5) is 13.2 Å². The zero-order valence-electron chi connectivity index (χ0n) is 20.9. The molecule has 0 radical (unpaired) electrons. The molecule has 1 aliphatic heterocycles. The normalized spacial score (nSPS) is 26.7. The first-order valence-electron chi connectivity index (χ1n) is 12.5. The Hall–Kier alpha value is -3.10. The van der Waals surface area contributed by atoms with Gasteiger partial charge in [-0.05, 0) is 55.0 Å². The van der Waals surface area contributed by atoms with E-state index in [1.165, 1.54) is 12.1 Å². The Labute approximate surface area is 215 Å². The van der Waals surface area contributed by atoms with Crippen molar-refractivity contribution in [2.24, 2.45) is 5.92 Å². The van der Waals surface area contributed by atoms with Crippen LogP contribution in [0.1, 0.15) is 36.8 Å². The molecule has 2 unspecified atom stereocenters. The minimum Gasteiger partial charge on any atom is -0.497 e. The van der Waals surface area contributed by atoms with E-state index in [0.29, 0.717) is 37.2 Å². The number of fused-ring (bicyclic) bond motifs is 1. The van der Waals surface area contributed by atoms with Crippen LogP contribution in [0.3, 0.4) is 0 Å². The fraction of sp³-hybridized carbons (Fsp3) is 0.414. The number of amides is 1. The molecule has 198 valence electrons. The van der Waals surface area contributed by atoms with Gasteiger partial charge in [0.05, 0.1) is 19.4 Å². The molecule has 2 aromatic carbocycles. The Bertz CT molecular complexity index is 1130. The van der Waals surface area contributed by atoms with Gasteiger partial charge in [-0.1, -0.05) is 48.5 Å². The van der Waals surface area contributed by atoms with Crippen LogP contribution in [0, 0.1) is 5.92 Å². The minimum absolute atomic E-state index is 0.150. The van der Waals surface area contributed by atoms with Crippen LogP contribution in [0.25, 0.3) is 6.08 Å². The number of carbonyl (C=O) groups is 1. The highest BCUT2D eigenvalue weighted by Crippen LogP contribution is 2.51. The molecule has 4 atom stereocenters. The van der Waals surface area contributed by atoms with Crippen molar-refractivity contribution in [3.8, 4) is 5.75 Å². The van der Waals surface area contributed by atoms with Crippen LogP contribution >= 0.6 is 0 Å². The second-order valence-electron chi connectivity index (χ2n) is 9.86. The van der Waals surface area contributed by atoms with Crippen molar-refractivity contribution < 1.29 is 27.8 Å². The van der Waals surface area contributed by atoms with Gasteiger partial charge >= 0.3 is 6.18 Å². The van der Waals surface area contributed by atoms with Crippen molar-refractivity contribution in [1.29, 1.82) is 0 Å². The Morgan fingerprint density at radius 1 is 1.24 bits per heavy atom. The summed E-state index contributed by atoms with van der Waals surface area (Å²) in [5.41, 5.74) is -0.522. The van der Waals surface area contributed by atoms with Gasteiger partial charge in [0.25, 0.3) is 5.91 Å². The standard InChI is InChI=1S/C29H33F3N2O3/c1-3-15-34-19-24-25(35)13-8-14-28(24,21-11-7-12-22(17-21)37-2)18-26(34)33-27(36)23(29(30,31)32)16-20-9-5-4-6-10-20/h3-7,9-12,16-17,24-26,35H,1,8,13-15,18-19H2,2H3,(H,33,36)/t24?,25?,26-,28-/m0/s1. The largest absolute Gasteiger partial charge is 0.497 e. The highest BCUT2D eigenvalue weighted by atomic mass is 19.4. The number of aliphatic hydroxyl groups is 1. The summed E-state index contributed by atoms with van der Waals surface area (Å²) in [5, 5.41) is 13.7. The quantitative estimate of drug-likeness (QED) is 0.400. The highest BCUT2D eigenvalue weighted by molar-refractivity contribution is 5.99. The Morgan fingerprint density at radius 3 is 2.68 bits per heavy atom. The number of rotatable bonds is 7. The van der Waals surface area contributed by atoms with Gasteiger partial charge in [-0.15, -0.1) is 6.58 Å². The maximum absolute atomic E-state index is 14.0. The van der Waals surface area contributed by atoms with Gasteiger partial charge in [-0.3, -0.25) is 9.69 Å². The number of nitrogens with zero attached hydrogens (tertiary/aromatic N) is 1. The van der Waals surface area contributed by atoms with Crippen molar-refractivity contribution >= 4 is 12.0 Å². The first-order chi connectivity index (χ1) is 17.7. The Kier molecular flexibility index (Phi) is 8.09. The van der Waals surface area contributed by atoms with Gasteiger partial charge < -0.3 is 15.2 Å². The fourth-order valence-corrected chi connectivity index (χ4v) is 5.93. The molecule has 2 N–H and O–H groups in total. The summed E-state index contributed by atoms with van der Waals surface area (Å²) in [5.74, 6) is -0.653. The molecule has 1 heterocycles. The summed E-state index contributed by atoms with van der Waals surface area (Å²) in [6, 6.07) is 15.6. The van der Waals surface area contributed by atoms with Crippen LogP contribution in [-0.2, 0) is 10.2 Å². The van der Waals surface area contributed by atoms with E-state index in [2.05, 4.69) is 11.9 Å². The van der Waals surface area contributed by atoms with Gasteiger partial charge in [-0.2, -0.15) is 13.2 Å². The molecule has 1 saturated heterocycles. The van der Waals surface area contributed by atoms with E-state index in [9.17, 15) is 23.1 Å². The predicted octanol–water partition coefficient (Wildman–Crippen LogP) is 5.07. The molecular weight excluding hydrogens is 481 g/mol. The summed E-state index contributed by atoms with van der Waals surface area (Å²) in [4.78, 5) is 15.1. The summed E-state index contributed by atoms with van der Waals surface area (Å²) in [6.07, 6.45) is -0.983. The number of alkyl halides is 3. The van der Waals surface area contributed by atoms with Gasteiger partial charge in [0.15, 0.2) is 0 Å². The molecule has 4 rings (SSSR count). The lowest BCUT2D eigenvalue weighted by molar-refractivity contribution is -0.134. The molecule has 1 aliphatic carbocycles. The molecule has 1 amide bonds. The molecule has 0 bridgehead atoms.